The summed E-state index contributed by atoms with van der Waals surface area (Å²) in [7, 11) is 0. The van der Waals surface area contributed by atoms with Gasteiger partial charge in [-0.1, -0.05) is 23.7 Å². The molecule has 1 saturated carbocycles. The summed E-state index contributed by atoms with van der Waals surface area (Å²) >= 11 is 5.79. The van der Waals surface area contributed by atoms with E-state index in [4.69, 9.17) is 16.0 Å². The molecule has 2 aromatic carbocycles. The van der Waals surface area contributed by atoms with Crippen molar-refractivity contribution < 1.29 is 8.81 Å². The van der Waals surface area contributed by atoms with Gasteiger partial charge in [0.25, 0.3) is 0 Å². The molecule has 1 heterocycles. The monoisotopic (exact) mass is 402 g/mol. The van der Waals surface area contributed by atoms with Gasteiger partial charge in [0.2, 0.25) is 0 Å². The summed E-state index contributed by atoms with van der Waals surface area (Å²) in [5.74, 6) is -0.118. The number of aromatic nitrogens is 1. The molecule has 0 spiro atoms. The van der Waals surface area contributed by atoms with Gasteiger partial charge in [-0.3, -0.25) is 4.98 Å². The van der Waals surface area contributed by atoms with Crippen molar-refractivity contribution in [3.63, 3.8) is 0 Å². The van der Waals surface area contributed by atoms with Crippen LogP contribution >= 0.6 is 11.6 Å². The van der Waals surface area contributed by atoms with E-state index in [1.165, 1.54) is 11.6 Å². The number of H-pyrrole nitrogens is 1. The third kappa shape index (κ3) is 4.47. The maximum atomic E-state index is 13.8. The van der Waals surface area contributed by atoms with E-state index in [1.54, 1.807) is 12.1 Å². The van der Waals surface area contributed by atoms with Gasteiger partial charge in [-0.15, -0.1) is 0 Å². The number of hydrogen-bond donors (Lipinski definition) is 2. The highest BCUT2D eigenvalue weighted by Crippen LogP contribution is 2.34. The van der Waals surface area contributed by atoms with E-state index in [1.807, 2.05) is 12.1 Å². The first-order chi connectivity index (χ1) is 13.6. The minimum Gasteiger partial charge on any atom is -0.408 e. The molecule has 3 aromatic rings. The first kappa shape index (κ1) is 19.2. The summed E-state index contributed by atoms with van der Waals surface area (Å²) in [6.07, 6.45) is 6.09. The Morgan fingerprint density at radius 1 is 1.14 bits per heavy atom. The number of halogens is 2. The second-order valence-electron chi connectivity index (χ2n) is 7.61. The smallest absolute Gasteiger partial charge is 0.408 e. The summed E-state index contributed by atoms with van der Waals surface area (Å²) < 4.78 is 19.0. The van der Waals surface area contributed by atoms with Crippen LogP contribution in [0.25, 0.3) is 11.1 Å². The van der Waals surface area contributed by atoms with Crippen LogP contribution in [0.4, 0.5) is 4.39 Å². The molecular weight excluding hydrogens is 379 g/mol. The van der Waals surface area contributed by atoms with Gasteiger partial charge in [-0.2, -0.15) is 0 Å². The Balaban J connectivity index is 1.23. The molecule has 1 aromatic heterocycles. The van der Waals surface area contributed by atoms with Crippen molar-refractivity contribution in [2.24, 2.45) is 0 Å². The lowest BCUT2D eigenvalue weighted by Gasteiger charge is -2.29. The van der Waals surface area contributed by atoms with Gasteiger partial charge in [-0.25, -0.2) is 9.18 Å². The number of aryl methyl sites for hydroxylation is 1. The van der Waals surface area contributed by atoms with Crippen molar-refractivity contribution in [1.82, 2.24) is 10.3 Å². The second kappa shape index (κ2) is 8.50. The molecule has 0 unspecified atom stereocenters. The quantitative estimate of drug-likeness (QED) is 0.560. The zero-order valence-electron chi connectivity index (χ0n) is 15.6. The molecular formula is C22H24ClFN2O2. The summed E-state index contributed by atoms with van der Waals surface area (Å²) in [6, 6.07) is 11.4. The molecule has 28 heavy (non-hydrogen) atoms. The molecule has 0 saturated heterocycles. The summed E-state index contributed by atoms with van der Waals surface area (Å²) in [5.41, 5.74) is 3.35. The second-order valence-corrected chi connectivity index (χ2v) is 8.05. The van der Waals surface area contributed by atoms with Gasteiger partial charge < -0.3 is 9.73 Å². The van der Waals surface area contributed by atoms with Crippen LogP contribution in [0.5, 0.6) is 0 Å². The highest BCUT2D eigenvalue weighted by atomic mass is 35.5. The number of oxazole rings is 1. The molecule has 4 nitrogen and oxygen atoms in total. The van der Waals surface area contributed by atoms with Crippen LogP contribution in [0.15, 0.2) is 45.6 Å². The predicted octanol–water partition coefficient (Wildman–Crippen LogP) is 5.16. The van der Waals surface area contributed by atoms with Crippen LogP contribution in [-0.2, 0) is 6.42 Å². The van der Waals surface area contributed by atoms with Gasteiger partial charge in [0.15, 0.2) is 5.58 Å². The zero-order chi connectivity index (χ0) is 19.5. The van der Waals surface area contributed by atoms with Crippen LogP contribution in [0.3, 0.4) is 0 Å². The average molecular weight is 403 g/mol. The van der Waals surface area contributed by atoms with Crippen LogP contribution in [0.2, 0.25) is 5.02 Å². The number of nitrogens with one attached hydrogen (secondary N) is 2. The Morgan fingerprint density at radius 2 is 1.96 bits per heavy atom. The fourth-order valence-corrected chi connectivity index (χ4v) is 4.32. The van der Waals surface area contributed by atoms with E-state index in [0.29, 0.717) is 29.0 Å². The lowest BCUT2D eigenvalue weighted by molar-refractivity contribution is 0.342. The molecule has 0 radical (unpaired) electrons. The van der Waals surface area contributed by atoms with Crippen molar-refractivity contribution >= 4 is 22.7 Å². The Kier molecular flexibility index (Phi) is 5.83. The SMILES string of the molecule is O=c1[nH]c2ccc([C@H]3CC[C@H](NCCCc4ccc(Cl)cc4F)CC3)cc2o1. The van der Waals surface area contributed by atoms with Crippen molar-refractivity contribution in [2.45, 2.75) is 50.5 Å². The average Bonchev–Trinajstić information content (AvgIpc) is 3.06. The van der Waals surface area contributed by atoms with Gasteiger partial charge in [0.1, 0.15) is 5.82 Å². The number of benzene rings is 2. The summed E-state index contributed by atoms with van der Waals surface area (Å²) in [6.45, 7) is 0.887. The normalized spacial score (nSPS) is 19.9. The number of rotatable bonds is 6. The van der Waals surface area contributed by atoms with E-state index < -0.39 is 5.76 Å². The third-order valence-electron chi connectivity index (χ3n) is 5.71. The first-order valence-electron chi connectivity index (χ1n) is 9.88. The van der Waals surface area contributed by atoms with Gasteiger partial charge in [0.05, 0.1) is 5.52 Å². The molecule has 1 aliphatic carbocycles. The molecule has 0 amide bonds. The molecule has 0 aliphatic heterocycles. The minimum atomic E-state index is -0.404. The van der Waals surface area contributed by atoms with E-state index in [0.717, 1.165) is 49.7 Å². The van der Waals surface area contributed by atoms with Gasteiger partial charge >= 0.3 is 5.76 Å². The van der Waals surface area contributed by atoms with E-state index >= 15 is 0 Å². The number of aromatic amines is 1. The van der Waals surface area contributed by atoms with E-state index in [2.05, 4.69) is 16.4 Å². The zero-order valence-corrected chi connectivity index (χ0v) is 16.4. The van der Waals surface area contributed by atoms with Gasteiger partial charge in [0, 0.05) is 11.1 Å². The number of hydrogen-bond acceptors (Lipinski definition) is 3. The topological polar surface area (TPSA) is 58.0 Å². The van der Waals surface area contributed by atoms with E-state index in [9.17, 15) is 9.18 Å². The van der Waals surface area contributed by atoms with Crippen molar-refractivity contribution in [2.75, 3.05) is 6.54 Å². The largest absolute Gasteiger partial charge is 0.417 e. The predicted molar refractivity (Wildman–Crippen MR) is 110 cm³/mol. The first-order valence-corrected chi connectivity index (χ1v) is 10.3. The molecule has 1 aliphatic rings. The van der Waals surface area contributed by atoms with Crippen molar-refractivity contribution in [3.05, 3.63) is 68.9 Å². The fraction of sp³-hybridized carbons (Fsp3) is 0.409. The lowest BCUT2D eigenvalue weighted by Crippen LogP contribution is -2.33. The highest BCUT2D eigenvalue weighted by Gasteiger charge is 2.22. The molecule has 6 heteroatoms. The van der Waals surface area contributed by atoms with E-state index in [-0.39, 0.29) is 5.82 Å². The molecule has 0 atom stereocenters. The lowest BCUT2D eigenvalue weighted by atomic mass is 9.81. The molecule has 1 fully saturated rings. The molecule has 4 rings (SSSR count). The van der Waals surface area contributed by atoms with Gasteiger partial charge in [-0.05, 0) is 86.4 Å². The molecule has 2 N–H and O–H groups in total. The Labute approximate surface area is 168 Å². The van der Waals surface area contributed by atoms with Crippen LogP contribution in [-0.4, -0.2) is 17.6 Å². The van der Waals surface area contributed by atoms with Crippen molar-refractivity contribution in [1.29, 1.82) is 0 Å². The summed E-state index contributed by atoms with van der Waals surface area (Å²) in [4.78, 5) is 14.0. The van der Waals surface area contributed by atoms with Crippen molar-refractivity contribution in [3.8, 4) is 0 Å². The standard InChI is InChI=1S/C22H24ClFN2O2/c23-17-7-3-15(19(24)13-17)2-1-11-25-18-8-4-14(5-9-18)16-6-10-20-21(12-16)28-22(27)26-20/h3,6-7,10,12-14,18,25H,1-2,4-5,8-9,11H2,(H,26,27)/t14-,18-. The Bertz CT molecular complexity index is 1010. The number of fused-ring (bicyclic) bond motifs is 1. The molecule has 148 valence electrons. The Hall–Kier alpha value is -2.11. The maximum Gasteiger partial charge on any atom is 0.417 e. The highest BCUT2D eigenvalue weighted by molar-refractivity contribution is 6.30. The maximum absolute atomic E-state index is 13.8. The summed E-state index contributed by atoms with van der Waals surface area (Å²) in [5, 5.41) is 4.05. The van der Waals surface area contributed by atoms with Crippen LogP contribution in [0, 0.1) is 5.82 Å². The Morgan fingerprint density at radius 3 is 2.75 bits per heavy atom. The van der Waals surface area contributed by atoms with Crippen LogP contribution < -0.4 is 11.1 Å². The minimum absolute atomic E-state index is 0.219. The fourth-order valence-electron chi connectivity index (χ4n) is 4.16. The van der Waals surface area contributed by atoms with Crippen LogP contribution in [0.1, 0.15) is 49.1 Å². The molecule has 0 bridgehead atoms. The third-order valence-corrected chi connectivity index (χ3v) is 5.95.